The molecule has 1 amide bonds. The summed E-state index contributed by atoms with van der Waals surface area (Å²) in [7, 11) is 0. The quantitative estimate of drug-likeness (QED) is 0.721. The molecule has 2 rings (SSSR count). The van der Waals surface area contributed by atoms with Crippen LogP contribution < -0.4 is 0 Å². The van der Waals surface area contributed by atoms with Crippen molar-refractivity contribution in [2.24, 2.45) is 0 Å². The van der Waals surface area contributed by atoms with E-state index in [0.717, 1.165) is 12.2 Å². The minimum absolute atomic E-state index is 0.0678. The number of amides is 1. The molecule has 0 bridgehead atoms. The van der Waals surface area contributed by atoms with E-state index in [2.05, 4.69) is 5.16 Å². The van der Waals surface area contributed by atoms with Crippen molar-refractivity contribution in [1.29, 1.82) is 0 Å². The summed E-state index contributed by atoms with van der Waals surface area (Å²) in [6, 6.07) is 1.71. The first-order chi connectivity index (χ1) is 7.31. The van der Waals surface area contributed by atoms with Crippen molar-refractivity contribution >= 4 is 5.91 Å². The lowest BCUT2D eigenvalue weighted by Gasteiger charge is -2.25. The number of ether oxygens (including phenoxy) is 1. The van der Waals surface area contributed by atoms with Crippen LogP contribution in [-0.2, 0) is 11.2 Å². The predicted octanol–water partition coefficient (Wildman–Crippen LogP) is 0.709. The van der Waals surface area contributed by atoms with Gasteiger partial charge in [0, 0.05) is 25.6 Å². The lowest BCUT2D eigenvalue weighted by Crippen LogP contribution is -2.40. The van der Waals surface area contributed by atoms with Crippen molar-refractivity contribution in [1.82, 2.24) is 10.1 Å². The van der Waals surface area contributed by atoms with Crippen molar-refractivity contribution in [3.63, 3.8) is 0 Å². The average molecular weight is 210 g/mol. The van der Waals surface area contributed by atoms with E-state index in [1.807, 2.05) is 6.92 Å². The standard InChI is InChI=1S/C10H14N2O3/c1-2-8-7-9(11-15-8)10(13)12-3-5-14-6-4-12/h7H,2-6H2,1H3. The maximum atomic E-state index is 11.9. The summed E-state index contributed by atoms with van der Waals surface area (Å²) in [4.78, 5) is 13.6. The maximum absolute atomic E-state index is 11.9. The fourth-order valence-electron chi connectivity index (χ4n) is 1.51. The molecule has 5 nitrogen and oxygen atoms in total. The summed E-state index contributed by atoms with van der Waals surface area (Å²) < 4.78 is 10.2. The first-order valence-electron chi connectivity index (χ1n) is 5.14. The van der Waals surface area contributed by atoms with E-state index in [9.17, 15) is 4.79 Å². The Balaban J connectivity index is 2.05. The van der Waals surface area contributed by atoms with Crippen molar-refractivity contribution in [3.05, 3.63) is 17.5 Å². The third-order valence-corrected chi connectivity index (χ3v) is 2.42. The molecule has 0 aromatic carbocycles. The zero-order valence-corrected chi connectivity index (χ0v) is 8.73. The topological polar surface area (TPSA) is 55.6 Å². The third kappa shape index (κ3) is 2.18. The van der Waals surface area contributed by atoms with E-state index in [4.69, 9.17) is 9.26 Å². The Kier molecular flexibility index (Phi) is 3.01. The zero-order valence-electron chi connectivity index (χ0n) is 8.73. The van der Waals surface area contributed by atoms with Gasteiger partial charge in [-0.3, -0.25) is 4.79 Å². The molecule has 82 valence electrons. The number of hydrogen-bond donors (Lipinski definition) is 0. The van der Waals surface area contributed by atoms with Crippen LogP contribution in [0.25, 0.3) is 0 Å². The summed E-state index contributed by atoms with van der Waals surface area (Å²) >= 11 is 0. The first kappa shape index (κ1) is 10.2. The van der Waals surface area contributed by atoms with E-state index in [0.29, 0.717) is 32.0 Å². The van der Waals surface area contributed by atoms with E-state index in [-0.39, 0.29) is 5.91 Å². The number of morpholine rings is 1. The number of hydrogen-bond acceptors (Lipinski definition) is 4. The minimum Gasteiger partial charge on any atom is -0.378 e. The van der Waals surface area contributed by atoms with Crippen LogP contribution in [0.15, 0.2) is 10.6 Å². The van der Waals surface area contributed by atoms with Gasteiger partial charge < -0.3 is 14.2 Å². The van der Waals surface area contributed by atoms with Gasteiger partial charge in [0.05, 0.1) is 13.2 Å². The van der Waals surface area contributed by atoms with Crippen molar-refractivity contribution in [2.45, 2.75) is 13.3 Å². The molecule has 1 aromatic rings. The number of carbonyl (C=O) groups is 1. The first-order valence-corrected chi connectivity index (χ1v) is 5.14. The minimum atomic E-state index is -0.0678. The SMILES string of the molecule is CCc1cc(C(=O)N2CCOCC2)no1. The molecule has 0 aliphatic carbocycles. The predicted molar refractivity (Wildman–Crippen MR) is 52.6 cm³/mol. The van der Waals surface area contributed by atoms with Crippen molar-refractivity contribution in [3.8, 4) is 0 Å². The lowest BCUT2D eigenvalue weighted by molar-refractivity contribution is 0.0296. The van der Waals surface area contributed by atoms with Gasteiger partial charge in [-0.1, -0.05) is 12.1 Å². The Morgan fingerprint density at radius 3 is 2.87 bits per heavy atom. The van der Waals surface area contributed by atoms with E-state index >= 15 is 0 Å². The summed E-state index contributed by atoms with van der Waals surface area (Å²) in [5, 5.41) is 3.76. The Bertz CT molecular complexity index is 342. The Hall–Kier alpha value is -1.36. The second kappa shape index (κ2) is 4.44. The van der Waals surface area contributed by atoms with Crippen LogP contribution in [0.2, 0.25) is 0 Å². The van der Waals surface area contributed by atoms with Gasteiger partial charge in [0.1, 0.15) is 5.76 Å². The lowest BCUT2D eigenvalue weighted by atomic mass is 10.3. The van der Waals surface area contributed by atoms with Crippen LogP contribution in [0, 0.1) is 0 Å². The molecular formula is C10H14N2O3. The monoisotopic (exact) mass is 210 g/mol. The molecule has 0 N–H and O–H groups in total. The van der Waals surface area contributed by atoms with Gasteiger partial charge in [-0.05, 0) is 0 Å². The van der Waals surface area contributed by atoms with Gasteiger partial charge in [0.2, 0.25) is 0 Å². The van der Waals surface area contributed by atoms with Crippen LogP contribution in [0.3, 0.4) is 0 Å². The van der Waals surface area contributed by atoms with Crippen molar-refractivity contribution < 1.29 is 14.1 Å². The molecule has 1 fully saturated rings. The highest BCUT2D eigenvalue weighted by molar-refractivity contribution is 5.92. The van der Waals surface area contributed by atoms with Crippen LogP contribution in [0.4, 0.5) is 0 Å². The molecule has 0 atom stereocenters. The molecule has 1 aliphatic heterocycles. The molecule has 0 saturated carbocycles. The molecule has 0 radical (unpaired) electrons. The fourth-order valence-corrected chi connectivity index (χ4v) is 1.51. The Morgan fingerprint density at radius 2 is 2.27 bits per heavy atom. The highest BCUT2D eigenvalue weighted by atomic mass is 16.5. The second-order valence-electron chi connectivity index (χ2n) is 3.44. The number of nitrogens with zero attached hydrogens (tertiary/aromatic N) is 2. The molecule has 5 heteroatoms. The van der Waals surface area contributed by atoms with Gasteiger partial charge in [0.25, 0.3) is 5.91 Å². The maximum Gasteiger partial charge on any atom is 0.276 e. The number of aryl methyl sites for hydroxylation is 1. The third-order valence-electron chi connectivity index (χ3n) is 2.42. The van der Waals surface area contributed by atoms with Gasteiger partial charge >= 0.3 is 0 Å². The number of rotatable bonds is 2. The van der Waals surface area contributed by atoms with Crippen LogP contribution in [-0.4, -0.2) is 42.3 Å². The number of aromatic nitrogens is 1. The molecule has 15 heavy (non-hydrogen) atoms. The normalized spacial score (nSPS) is 16.7. The summed E-state index contributed by atoms with van der Waals surface area (Å²) in [6.45, 7) is 4.43. The Morgan fingerprint density at radius 1 is 1.53 bits per heavy atom. The van der Waals surface area contributed by atoms with E-state index < -0.39 is 0 Å². The molecule has 0 unspecified atom stereocenters. The molecule has 1 aliphatic rings. The van der Waals surface area contributed by atoms with Gasteiger partial charge in [-0.2, -0.15) is 0 Å². The molecule has 0 spiro atoms. The van der Waals surface area contributed by atoms with Crippen LogP contribution in [0.5, 0.6) is 0 Å². The smallest absolute Gasteiger partial charge is 0.276 e. The van der Waals surface area contributed by atoms with Gasteiger partial charge in [-0.25, -0.2) is 0 Å². The van der Waals surface area contributed by atoms with Crippen LogP contribution in [0.1, 0.15) is 23.2 Å². The largest absolute Gasteiger partial charge is 0.378 e. The summed E-state index contributed by atoms with van der Waals surface area (Å²) in [5.41, 5.74) is 0.397. The summed E-state index contributed by atoms with van der Waals surface area (Å²) in [5.74, 6) is 0.674. The molecular weight excluding hydrogens is 196 g/mol. The molecule has 1 aromatic heterocycles. The molecule has 2 heterocycles. The zero-order chi connectivity index (χ0) is 10.7. The van der Waals surface area contributed by atoms with Gasteiger partial charge in [-0.15, -0.1) is 0 Å². The van der Waals surface area contributed by atoms with E-state index in [1.165, 1.54) is 0 Å². The fraction of sp³-hybridized carbons (Fsp3) is 0.600. The highest BCUT2D eigenvalue weighted by Crippen LogP contribution is 2.08. The number of carbonyl (C=O) groups excluding carboxylic acids is 1. The van der Waals surface area contributed by atoms with Gasteiger partial charge in [0.15, 0.2) is 5.69 Å². The molecule has 1 saturated heterocycles. The highest BCUT2D eigenvalue weighted by Gasteiger charge is 2.21. The summed E-state index contributed by atoms with van der Waals surface area (Å²) in [6.07, 6.45) is 0.753. The van der Waals surface area contributed by atoms with E-state index in [1.54, 1.807) is 11.0 Å². The van der Waals surface area contributed by atoms with Crippen LogP contribution >= 0.6 is 0 Å². The second-order valence-corrected chi connectivity index (χ2v) is 3.44. The Labute approximate surface area is 88.0 Å². The average Bonchev–Trinajstić information content (AvgIpc) is 2.78. The van der Waals surface area contributed by atoms with Crippen molar-refractivity contribution in [2.75, 3.05) is 26.3 Å².